The summed E-state index contributed by atoms with van der Waals surface area (Å²) in [5.74, 6) is 0.0781. The Morgan fingerprint density at radius 3 is 2.65 bits per heavy atom. The summed E-state index contributed by atoms with van der Waals surface area (Å²) in [6.45, 7) is 0.948. The van der Waals surface area contributed by atoms with Gasteiger partial charge in [-0.1, -0.05) is 0 Å². The molecule has 1 amide bonds. The summed E-state index contributed by atoms with van der Waals surface area (Å²) < 4.78 is 0. The number of carbonyl (C=O) groups excluding carboxylic acids is 1. The van der Waals surface area contributed by atoms with E-state index in [1.54, 1.807) is 11.8 Å². The molecule has 17 heavy (non-hydrogen) atoms. The molecule has 1 atom stereocenters. The van der Waals surface area contributed by atoms with E-state index in [-0.39, 0.29) is 24.4 Å². The first-order chi connectivity index (χ1) is 7.79. The minimum atomic E-state index is -0.0137. The van der Waals surface area contributed by atoms with Gasteiger partial charge >= 0.3 is 0 Å². The van der Waals surface area contributed by atoms with E-state index in [0.29, 0.717) is 0 Å². The van der Waals surface area contributed by atoms with Crippen LogP contribution in [0.3, 0.4) is 0 Å². The second-order valence-electron chi connectivity index (χ2n) is 3.87. The number of amides is 1. The van der Waals surface area contributed by atoms with Crippen LogP contribution in [-0.4, -0.2) is 24.7 Å². The number of benzene rings is 1. The lowest BCUT2D eigenvalue weighted by Crippen LogP contribution is -2.35. The second-order valence-corrected chi connectivity index (χ2v) is 4.75. The topological polar surface area (TPSA) is 41.1 Å². The van der Waals surface area contributed by atoms with Gasteiger partial charge in [-0.3, -0.25) is 4.79 Å². The summed E-state index contributed by atoms with van der Waals surface area (Å²) in [6, 6.07) is 7.91. The maximum atomic E-state index is 11.8. The maximum Gasteiger partial charge on any atom is 0.241 e. The third kappa shape index (κ3) is 3.91. The molecule has 1 saturated heterocycles. The third-order valence-corrected chi connectivity index (χ3v) is 3.48. The first kappa shape index (κ1) is 14.4. The standard InChI is InChI=1S/C12H16N2OS.ClH/c1-16-10-6-4-9(5-7-10)14-12(15)11-3-2-8-13-11;/h4-7,11,13H,2-3,8H2,1H3,(H,14,15);1H. The second kappa shape index (κ2) is 6.89. The average molecular weight is 273 g/mol. The number of thioether (sulfide) groups is 1. The zero-order valence-corrected chi connectivity index (χ0v) is 11.4. The molecule has 1 fully saturated rings. The van der Waals surface area contributed by atoms with Crippen molar-refractivity contribution >= 4 is 35.8 Å². The molecule has 2 rings (SSSR count). The summed E-state index contributed by atoms with van der Waals surface area (Å²) in [7, 11) is 0. The highest BCUT2D eigenvalue weighted by Gasteiger charge is 2.21. The summed E-state index contributed by atoms with van der Waals surface area (Å²) >= 11 is 1.70. The molecule has 0 aliphatic carbocycles. The minimum absolute atomic E-state index is 0. The molecule has 1 aromatic rings. The molecule has 0 radical (unpaired) electrons. The Bertz CT molecular complexity index is 363. The van der Waals surface area contributed by atoms with E-state index in [1.807, 2.05) is 30.5 Å². The molecule has 0 bridgehead atoms. The van der Waals surface area contributed by atoms with Crippen LogP contribution in [0.15, 0.2) is 29.2 Å². The summed E-state index contributed by atoms with van der Waals surface area (Å²) in [5.41, 5.74) is 0.872. The Labute approximate surface area is 112 Å². The van der Waals surface area contributed by atoms with Gasteiger partial charge in [0.05, 0.1) is 6.04 Å². The van der Waals surface area contributed by atoms with Crippen LogP contribution >= 0.6 is 24.2 Å². The molecule has 0 saturated carbocycles. The van der Waals surface area contributed by atoms with E-state index >= 15 is 0 Å². The molecule has 3 nitrogen and oxygen atoms in total. The number of hydrogen-bond donors (Lipinski definition) is 2. The van der Waals surface area contributed by atoms with Crippen molar-refractivity contribution < 1.29 is 4.79 Å². The molecule has 1 aromatic carbocycles. The fraction of sp³-hybridized carbons (Fsp3) is 0.417. The van der Waals surface area contributed by atoms with E-state index < -0.39 is 0 Å². The van der Waals surface area contributed by atoms with Gasteiger partial charge in [0.2, 0.25) is 5.91 Å². The molecular formula is C12H17ClN2OS. The Balaban J connectivity index is 0.00000144. The van der Waals surface area contributed by atoms with Gasteiger partial charge in [-0.15, -0.1) is 24.2 Å². The van der Waals surface area contributed by atoms with Gasteiger partial charge < -0.3 is 10.6 Å². The molecular weight excluding hydrogens is 256 g/mol. The Hall–Kier alpha value is -0.710. The molecule has 1 aliphatic rings. The Kier molecular flexibility index (Phi) is 5.82. The smallest absolute Gasteiger partial charge is 0.241 e. The van der Waals surface area contributed by atoms with Crippen LogP contribution in [0.1, 0.15) is 12.8 Å². The van der Waals surface area contributed by atoms with Gasteiger partial charge in [-0.05, 0) is 49.9 Å². The van der Waals surface area contributed by atoms with Crippen LogP contribution in [0.2, 0.25) is 0 Å². The van der Waals surface area contributed by atoms with Crippen molar-refractivity contribution in [1.29, 1.82) is 0 Å². The van der Waals surface area contributed by atoms with Crippen molar-refractivity contribution in [2.45, 2.75) is 23.8 Å². The number of rotatable bonds is 3. The largest absolute Gasteiger partial charge is 0.325 e. The van der Waals surface area contributed by atoms with Crippen LogP contribution in [0.5, 0.6) is 0 Å². The van der Waals surface area contributed by atoms with E-state index in [4.69, 9.17) is 0 Å². The molecule has 1 aliphatic heterocycles. The zero-order valence-electron chi connectivity index (χ0n) is 9.73. The lowest BCUT2D eigenvalue weighted by Gasteiger charge is -2.11. The first-order valence-electron chi connectivity index (χ1n) is 5.48. The van der Waals surface area contributed by atoms with E-state index in [1.165, 1.54) is 4.90 Å². The van der Waals surface area contributed by atoms with E-state index in [0.717, 1.165) is 25.1 Å². The quantitative estimate of drug-likeness (QED) is 0.831. The van der Waals surface area contributed by atoms with Crippen molar-refractivity contribution in [2.24, 2.45) is 0 Å². The SMILES string of the molecule is CSc1ccc(NC(=O)C2CCCN2)cc1.Cl. The van der Waals surface area contributed by atoms with Crippen molar-refractivity contribution in [3.8, 4) is 0 Å². The third-order valence-electron chi connectivity index (χ3n) is 2.73. The lowest BCUT2D eigenvalue weighted by atomic mass is 10.2. The molecule has 0 spiro atoms. The molecule has 2 N–H and O–H groups in total. The van der Waals surface area contributed by atoms with Crippen LogP contribution in [0, 0.1) is 0 Å². The molecule has 5 heteroatoms. The normalized spacial score (nSPS) is 18.5. The van der Waals surface area contributed by atoms with Gasteiger partial charge in [0.1, 0.15) is 0 Å². The molecule has 94 valence electrons. The van der Waals surface area contributed by atoms with E-state index in [2.05, 4.69) is 10.6 Å². The lowest BCUT2D eigenvalue weighted by molar-refractivity contribution is -0.117. The van der Waals surface area contributed by atoms with Crippen LogP contribution in [0.4, 0.5) is 5.69 Å². The highest BCUT2D eigenvalue weighted by Crippen LogP contribution is 2.18. The molecule has 1 heterocycles. The van der Waals surface area contributed by atoms with Crippen LogP contribution in [0.25, 0.3) is 0 Å². The van der Waals surface area contributed by atoms with Crippen molar-refractivity contribution in [2.75, 3.05) is 18.1 Å². The van der Waals surface area contributed by atoms with Gasteiger partial charge in [-0.25, -0.2) is 0 Å². The zero-order chi connectivity index (χ0) is 11.4. The van der Waals surface area contributed by atoms with Gasteiger partial charge in [0.25, 0.3) is 0 Å². The van der Waals surface area contributed by atoms with Crippen molar-refractivity contribution in [1.82, 2.24) is 5.32 Å². The Morgan fingerprint density at radius 2 is 2.12 bits per heavy atom. The number of nitrogens with one attached hydrogen (secondary N) is 2. The number of halogens is 1. The number of hydrogen-bond acceptors (Lipinski definition) is 3. The monoisotopic (exact) mass is 272 g/mol. The van der Waals surface area contributed by atoms with Crippen LogP contribution < -0.4 is 10.6 Å². The summed E-state index contributed by atoms with van der Waals surface area (Å²) in [4.78, 5) is 13.0. The summed E-state index contributed by atoms with van der Waals surface area (Å²) in [5, 5.41) is 6.11. The number of carbonyl (C=O) groups is 1. The molecule has 1 unspecified atom stereocenters. The molecule has 0 aromatic heterocycles. The van der Waals surface area contributed by atoms with E-state index in [9.17, 15) is 4.79 Å². The van der Waals surface area contributed by atoms with Gasteiger partial charge in [0.15, 0.2) is 0 Å². The number of anilines is 1. The fourth-order valence-electron chi connectivity index (χ4n) is 1.81. The van der Waals surface area contributed by atoms with Crippen molar-refractivity contribution in [3.05, 3.63) is 24.3 Å². The fourth-order valence-corrected chi connectivity index (χ4v) is 2.22. The highest BCUT2D eigenvalue weighted by molar-refractivity contribution is 7.98. The summed E-state index contributed by atoms with van der Waals surface area (Å²) in [6.07, 6.45) is 4.06. The maximum absolute atomic E-state index is 11.8. The van der Waals surface area contributed by atoms with Crippen molar-refractivity contribution in [3.63, 3.8) is 0 Å². The first-order valence-corrected chi connectivity index (χ1v) is 6.70. The Morgan fingerprint density at radius 1 is 1.41 bits per heavy atom. The average Bonchev–Trinajstić information content (AvgIpc) is 2.83. The predicted molar refractivity (Wildman–Crippen MR) is 75.1 cm³/mol. The van der Waals surface area contributed by atoms with Gasteiger partial charge in [-0.2, -0.15) is 0 Å². The van der Waals surface area contributed by atoms with Crippen LogP contribution in [-0.2, 0) is 4.79 Å². The highest BCUT2D eigenvalue weighted by atomic mass is 35.5. The van der Waals surface area contributed by atoms with Gasteiger partial charge in [0, 0.05) is 10.6 Å². The minimum Gasteiger partial charge on any atom is -0.325 e. The predicted octanol–water partition coefficient (Wildman–Crippen LogP) is 2.52.